The van der Waals surface area contributed by atoms with Crippen molar-refractivity contribution in [3.63, 3.8) is 0 Å². The van der Waals surface area contributed by atoms with Crippen LogP contribution in [0.5, 0.6) is 0 Å². The van der Waals surface area contributed by atoms with Crippen molar-refractivity contribution in [1.82, 2.24) is 0 Å². The number of hydrogen-bond donors (Lipinski definition) is 0. The Labute approximate surface area is 105 Å². The molecule has 18 heavy (non-hydrogen) atoms. The number of ether oxygens (including phenoxy) is 1. The number of carbonyl (C=O) groups excluding carboxylic acids is 1. The third-order valence-corrected chi connectivity index (χ3v) is 2.44. The lowest BCUT2D eigenvalue weighted by Crippen LogP contribution is -2.21. The lowest BCUT2D eigenvalue weighted by atomic mass is 9.97. The molecule has 0 aliphatic carbocycles. The Balaban J connectivity index is 2.31. The number of halogens is 1. The summed E-state index contributed by atoms with van der Waals surface area (Å²) in [5, 5.41) is 0. The molecule has 1 aromatic carbocycles. The van der Waals surface area contributed by atoms with Gasteiger partial charge in [0, 0.05) is 5.41 Å². The van der Waals surface area contributed by atoms with Crippen LogP contribution in [0.2, 0.25) is 0 Å². The number of nitrogens with zero attached hydrogens (tertiary/aromatic N) is 1. The van der Waals surface area contributed by atoms with E-state index in [4.69, 9.17) is 4.74 Å². The topological polar surface area (TPSA) is 38.7 Å². The summed E-state index contributed by atoms with van der Waals surface area (Å²) in [6, 6.07) is 5.84. The first-order valence-corrected chi connectivity index (χ1v) is 5.65. The van der Waals surface area contributed by atoms with E-state index >= 15 is 0 Å². The maximum absolute atomic E-state index is 12.8. The fourth-order valence-electron chi connectivity index (χ4n) is 1.45. The van der Waals surface area contributed by atoms with Crippen LogP contribution in [0.15, 0.2) is 35.0 Å². The predicted molar refractivity (Wildman–Crippen MR) is 67.4 cm³/mol. The Hall–Kier alpha value is -1.97. The molecule has 3 nitrogen and oxygen atoms in total. The molecule has 1 aromatic rings. The fourth-order valence-corrected chi connectivity index (χ4v) is 1.45. The second kappa shape index (κ2) is 4.37. The third-order valence-electron chi connectivity index (χ3n) is 2.44. The molecule has 0 N–H and O–H groups in total. The van der Waals surface area contributed by atoms with Crippen molar-refractivity contribution >= 4 is 17.9 Å². The number of hydrogen-bond acceptors (Lipinski definition) is 3. The first-order chi connectivity index (χ1) is 8.36. The summed E-state index contributed by atoms with van der Waals surface area (Å²) in [4.78, 5) is 15.8. The smallest absolute Gasteiger partial charge is 0.363 e. The normalized spacial score (nSPS) is 17.9. The van der Waals surface area contributed by atoms with Crippen LogP contribution in [-0.2, 0) is 9.53 Å². The van der Waals surface area contributed by atoms with Crippen molar-refractivity contribution in [2.24, 2.45) is 10.4 Å². The van der Waals surface area contributed by atoms with E-state index in [0.717, 1.165) is 0 Å². The van der Waals surface area contributed by atoms with Crippen molar-refractivity contribution < 1.29 is 13.9 Å². The van der Waals surface area contributed by atoms with Crippen molar-refractivity contribution in [1.29, 1.82) is 0 Å². The van der Waals surface area contributed by atoms with Gasteiger partial charge in [0.15, 0.2) is 5.70 Å². The lowest BCUT2D eigenvalue weighted by Gasteiger charge is -2.15. The number of carbonyl (C=O) groups is 1. The molecule has 0 saturated heterocycles. The number of rotatable bonds is 1. The summed E-state index contributed by atoms with van der Waals surface area (Å²) in [5.74, 6) is -0.379. The van der Waals surface area contributed by atoms with Crippen molar-refractivity contribution in [3.8, 4) is 0 Å². The van der Waals surface area contributed by atoms with Crippen molar-refractivity contribution in [3.05, 3.63) is 41.3 Å². The average Bonchev–Trinajstić information content (AvgIpc) is 2.63. The van der Waals surface area contributed by atoms with Crippen LogP contribution in [0.3, 0.4) is 0 Å². The molecule has 2 rings (SSSR count). The highest BCUT2D eigenvalue weighted by Crippen LogP contribution is 2.25. The molecule has 0 spiro atoms. The molecule has 0 saturated carbocycles. The zero-order chi connectivity index (χ0) is 13.3. The van der Waals surface area contributed by atoms with Gasteiger partial charge in [0.05, 0.1) is 0 Å². The first-order valence-electron chi connectivity index (χ1n) is 5.65. The molecule has 4 heteroatoms. The summed E-state index contributed by atoms with van der Waals surface area (Å²) in [7, 11) is 0. The highest BCUT2D eigenvalue weighted by atomic mass is 19.1. The summed E-state index contributed by atoms with van der Waals surface area (Å²) in [5.41, 5.74) is 0.641. The van der Waals surface area contributed by atoms with Gasteiger partial charge in [-0.2, -0.15) is 0 Å². The van der Waals surface area contributed by atoms with Gasteiger partial charge in [-0.1, -0.05) is 32.9 Å². The Morgan fingerprint density at radius 2 is 1.83 bits per heavy atom. The van der Waals surface area contributed by atoms with Gasteiger partial charge in [-0.3, -0.25) is 0 Å². The number of cyclic esters (lactones) is 1. The van der Waals surface area contributed by atoms with Crippen LogP contribution in [0.4, 0.5) is 4.39 Å². The molecule has 1 heterocycles. The van der Waals surface area contributed by atoms with E-state index in [1.54, 1.807) is 18.2 Å². The van der Waals surface area contributed by atoms with E-state index < -0.39 is 5.97 Å². The van der Waals surface area contributed by atoms with E-state index in [1.165, 1.54) is 12.1 Å². The molecule has 0 fully saturated rings. The quantitative estimate of drug-likeness (QED) is 0.564. The zero-order valence-electron chi connectivity index (χ0n) is 10.5. The molecular formula is C14H14FNO2. The SMILES string of the molecule is CC(C)(C)C1=N/C(=C/c2ccc(F)cc2)C(=O)O1. The Bertz CT molecular complexity index is 536. The molecular weight excluding hydrogens is 233 g/mol. The maximum atomic E-state index is 12.8. The molecule has 1 aliphatic rings. The minimum absolute atomic E-state index is 0.242. The number of benzene rings is 1. The van der Waals surface area contributed by atoms with Crippen molar-refractivity contribution in [2.45, 2.75) is 20.8 Å². The van der Waals surface area contributed by atoms with Gasteiger partial charge in [0.25, 0.3) is 0 Å². The minimum atomic E-state index is -0.468. The highest BCUT2D eigenvalue weighted by molar-refractivity contribution is 6.08. The zero-order valence-corrected chi connectivity index (χ0v) is 10.5. The van der Waals surface area contributed by atoms with Crippen LogP contribution in [0.1, 0.15) is 26.3 Å². The standard InChI is InChI=1S/C14H14FNO2/c1-14(2,3)13-16-11(12(17)18-13)8-9-4-6-10(15)7-5-9/h4-8H,1-3H3/b11-8+. The van der Waals surface area contributed by atoms with E-state index in [9.17, 15) is 9.18 Å². The van der Waals surface area contributed by atoms with Crippen LogP contribution < -0.4 is 0 Å². The molecule has 1 aliphatic heterocycles. The maximum Gasteiger partial charge on any atom is 0.363 e. The molecule has 0 atom stereocenters. The van der Waals surface area contributed by atoms with Gasteiger partial charge in [-0.25, -0.2) is 14.2 Å². The van der Waals surface area contributed by atoms with Gasteiger partial charge in [0.2, 0.25) is 5.90 Å². The van der Waals surface area contributed by atoms with E-state index in [-0.39, 0.29) is 16.9 Å². The molecule has 0 unspecified atom stereocenters. The summed E-state index contributed by atoms with van der Waals surface area (Å²) >= 11 is 0. The molecule has 0 bridgehead atoms. The van der Waals surface area contributed by atoms with Gasteiger partial charge in [-0.05, 0) is 23.8 Å². The molecule has 94 valence electrons. The Kier molecular flexibility index (Phi) is 3.03. The second-order valence-electron chi connectivity index (χ2n) is 5.14. The van der Waals surface area contributed by atoms with E-state index in [1.807, 2.05) is 20.8 Å². The first kappa shape index (κ1) is 12.5. The van der Waals surface area contributed by atoms with Crippen LogP contribution in [0, 0.1) is 11.2 Å². The fraction of sp³-hybridized carbons (Fsp3) is 0.286. The highest BCUT2D eigenvalue weighted by Gasteiger charge is 2.31. The van der Waals surface area contributed by atoms with Gasteiger partial charge >= 0.3 is 5.97 Å². The lowest BCUT2D eigenvalue weighted by molar-refractivity contribution is -0.130. The third kappa shape index (κ3) is 2.64. The average molecular weight is 247 g/mol. The Morgan fingerprint density at radius 1 is 1.22 bits per heavy atom. The summed E-state index contributed by atoms with van der Waals surface area (Å²) in [6.45, 7) is 5.75. The molecule has 0 aromatic heterocycles. The van der Waals surface area contributed by atoms with Gasteiger partial charge in [-0.15, -0.1) is 0 Å². The van der Waals surface area contributed by atoms with Crippen LogP contribution >= 0.6 is 0 Å². The van der Waals surface area contributed by atoms with E-state index in [2.05, 4.69) is 4.99 Å². The largest absolute Gasteiger partial charge is 0.406 e. The monoisotopic (exact) mass is 247 g/mol. The van der Waals surface area contributed by atoms with Crippen LogP contribution in [-0.4, -0.2) is 11.9 Å². The van der Waals surface area contributed by atoms with Crippen molar-refractivity contribution in [2.75, 3.05) is 0 Å². The van der Waals surface area contributed by atoms with Crippen LogP contribution in [0.25, 0.3) is 6.08 Å². The van der Waals surface area contributed by atoms with Gasteiger partial charge in [0.1, 0.15) is 5.82 Å². The number of aliphatic imine (C=N–C) groups is 1. The minimum Gasteiger partial charge on any atom is -0.406 e. The van der Waals surface area contributed by atoms with E-state index in [0.29, 0.717) is 11.5 Å². The summed E-state index contributed by atoms with van der Waals surface area (Å²) in [6.07, 6.45) is 1.58. The Morgan fingerprint density at radius 3 is 2.33 bits per heavy atom. The predicted octanol–water partition coefficient (Wildman–Crippen LogP) is 3.17. The number of esters is 1. The second-order valence-corrected chi connectivity index (χ2v) is 5.14. The molecule has 0 amide bonds. The molecule has 0 radical (unpaired) electrons. The van der Waals surface area contributed by atoms with Gasteiger partial charge < -0.3 is 4.74 Å². The summed E-state index contributed by atoms with van der Waals surface area (Å²) < 4.78 is 17.9.